The maximum atomic E-state index is 13.4. The van der Waals surface area contributed by atoms with E-state index in [0.717, 1.165) is 21.6 Å². The summed E-state index contributed by atoms with van der Waals surface area (Å²) in [7, 11) is 1.61. The fraction of sp³-hybridized carbons (Fsp3) is 0.553. The van der Waals surface area contributed by atoms with Crippen molar-refractivity contribution in [2.75, 3.05) is 13.7 Å². The van der Waals surface area contributed by atoms with Crippen LogP contribution in [0.5, 0.6) is 11.5 Å². The van der Waals surface area contributed by atoms with Crippen molar-refractivity contribution in [1.29, 1.82) is 0 Å². The Bertz CT molecular complexity index is 1400. The van der Waals surface area contributed by atoms with Gasteiger partial charge in [0.15, 0.2) is 0 Å². The molecule has 1 saturated heterocycles. The highest BCUT2D eigenvalue weighted by molar-refractivity contribution is 5.95. The van der Waals surface area contributed by atoms with Crippen molar-refractivity contribution < 1.29 is 38.8 Å². The molecule has 2 N–H and O–H groups in total. The van der Waals surface area contributed by atoms with E-state index < -0.39 is 48.1 Å². The molecule has 2 aromatic rings. The summed E-state index contributed by atoms with van der Waals surface area (Å²) in [4.78, 5) is 40.3. The van der Waals surface area contributed by atoms with Crippen LogP contribution in [0, 0.1) is 11.8 Å². The van der Waals surface area contributed by atoms with Crippen molar-refractivity contribution in [3.8, 4) is 11.5 Å². The highest BCUT2D eigenvalue weighted by Crippen LogP contribution is 2.43. The average molecular weight is 652 g/mol. The molecule has 2 aromatic carbocycles. The van der Waals surface area contributed by atoms with E-state index in [1.165, 1.54) is 0 Å². The summed E-state index contributed by atoms with van der Waals surface area (Å²) in [6.07, 6.45) is -0.0561. The lowest BCUT2D eigenvalue weighted by atomic mass is 9.79. The highest BCUT2D eigenvalue weighted by atomic mass is 16.6. The summed E-state index contributed by atoms with van der Waals surface area (Å²) in [5, 5.41) is 22.0. The van der Waals surface area contributed by atoms with Crippen LogP contribution in [0.15, 0.2) is 54.1 Å². The zero-order chi connectivity index (χ0) is 35.3. The molecule has 258 valence electrons. The van der Waals surface area contributed by atoms with Crippen LogP contribution in [-0.2, 0) is 31.6 Å². The summed E-state index contributed by atoms with van der Waals surface area (Å²) in [5.41, 5.74) is 2.49. The van der Waals surface area contributed by atoms with Crippen LogP contribution in [0.3, 0.4) is 0 Å². The van der Waals surface area contributed by atoms with Gasteiger partial charge in [-0.1, -0.05) is 84.9 Å². The molecule has 2 amide bonds. The SMILES string of the molecule is COc1cc(C(C)(C)C)c(OC(=O)[C@@H](C)[C@@H](O)CC/C=C(\C)[C@@H](O)[C@H](C)C(=O)N2C(=O)OC[C@@H]2Cc2ccccc2)c(C(C)(C)C)c1. The third-order valence-corrected chi connectivity index (χ3v) is 8.84. The first-order valence-electron chi connectivity index (χ1n) is 16.4. The molecular weight excluding hydrogens is 598 g/mol. The summed E-state index contributed by atoms with van der Waals surface area (Å²) >= 11 is 0. The predicted molar refractivity (Wildman–Crippen MR) is 181 cm³/mol. The van der Waals surface area contributed by atoms with E-state index in [2.05, 4.69) is 0 Å². The quantitative estimate of drug-likeness (QED) is 0.151. The molecule has 1 fully saturated rings. The van der Waals surface area contributed by atoms with Gasteiger partial charge in [-0.05, 0) is 67.2 Å². The molecule has 0 radical (unpaired) electrons. The van der Waals surface area contributed by atoms with Crippen LogP contribution < -0.4 is 9.47 Å². The van der Waals surface area contributed by atoms with E-state index in [0.29, 0.717) is 29.9 Å². The molecule has 1 aliphatic heterocycles. The van der Waals surface area contributed by atoms with Crippen LogP contribution in [0.2, 0.25) is 0 Å². The van der Waals surface area contributed by atoms with Gasteiger partial charge >= 0.3 is 12.1 Å². The van der Waals surface area contributed by atoms with Crippen molar-refractivity contribution in [3.05, 3.63) is 70.8 Å². The number of benzene rings is 2. The number of aliphatic hydroxyl groups is 2. The lowest BCUT2D eigenvalue weighted by Gasteiger charge is -2.30. The standard InChI is InChI=1S/C38H53NO8/c1-23(32(41)25(3)34(42)39-27(22-46-36(39)44)19-26-16-12-11-13-17-26)15-14-18-31(40)24(2)35(43)47-33-29(37(4,5)6)20-28(45-10)21-30(33)38(7,8)9/h11-13,15-17,20-21,24-25,27,31-32,40-41H,14,18-19,22H2,1-10H3/b23-15+/t24-,25-,27-,31-,32+/m0/s1. The van der Waals surface area contributed by atoms with Crippen molar-refractivity contribution in [2.24, 2.45) is 11.8 Å². The maximum absolute atomic E-state index is 13.4. The molecular formula is C38H53NO8. The Hall–Kier alpha value is -3.69. The zero-order valence-corrected chi connectivity index (χ0v) is 29.6. The number of allylic oxidation sites excluding steroid dienone is 1. The number of nitrogens with zero attached hydrogens (tertiary/aromatic N) is 1. The fourth-order valence-corrected chi connectivity index (χ4v) is 5.66. The summed E-state index contributed by atoms with van der Waals surface area (Å²) < 4.78 is 16.8. The van der Waals surface area contributed by atoms with Gasteiger partial charge in [0.2, 0.25) is 5.91 Å². The Morgan fingerprint density at radius 1 is 1.00 bits per heavy atom. The molecule has 1 aliphatic rings. The van der Waals surface area contributed by atoms with Gasteiger partial charge < -0.3 is 24.4 Å². The summed E-state index contributed by atoms with van der Waals surface area (Å²) in [6.45, 7) is 17.3. The second-order valence-corrected chi connectivity index (χ2v) is 14.7. The molecule has 0 bridgehead atoms. The number of cyclic esters (lactones) is 1. The molecule has 9 nitrogen and oxygen atoms in total. The first-order valence-corrected chi connectivity index (χ1v) is 16.4. The summed E-state index contributed by atoms with van der Waals surface area (Å²) in [6, 6.07) is 12.9. The van der Waals surface area contributed by atoms with Gasteiger partial charge in [-0.25, -0.2) is 9.69 Å². The average Bonchev–Trinajstić information content (AvgIpc) is 3.37. The van der Waals surface area contributed by atoms with E-state index in [9.17, 15) is 24.6 Å². The van der Waals surface area contributed by atoms with Gasteiger partial charge in [0.05, 0.1) is 37.2 Å². The number of methoxy groups -OCH3 is 1. The number of hydrogen-bond acceptors (Lipinski definition) is 8. The number of rotatable bonds is 12. The Morgan fingerprint density at radius 2 is 1.57 bits per heavy atom. The largest absolute Gasteiger partial charge is 0.497 e. The van der Waals surface area contributed by atoms with Crippen molar-refractivity contribution in [2.45, 2.75) is 111 Å². The second-order valence-electron chi connectivity index (χ2n) is 14.7. The number of carbonyl (C=O) groups excluding carboxylic acids is 3. The lowest BCUT2D eigenvalue weighted by Crippen LogP contribution is -2.45. The molecule has 0 aromatic heterocycles. The lowest BCUT2D eigenvalue weighted by molar-refractivity contribution is -0.142. The fourth-order valence-electron chi connectivity index (χ4n) is 5.66. The molecule has 47 heavy (non-hydrogen) atoms. The number of esters is 1. The molecule has 0 saturated carbocycles. The van der Waals surface area contributed by atoms with E-state index >= 15 is 0 Å². The Balaban J connectivity index is 1.65. The third-order valence-electron chi connectivity index (χ3n) is 8.84. The molecule has 1 heterocycles. The number of ether oxygens (including phenoxy) is 3. The van der Waals surface area contributed by atoms with Gasteiger partial charge in [0.25, 0.3) is 0 Å². The van der Waals surface area contributed by atoms with Gasteiger partial charge in [-0.3, -0.25) is 9.59 Å². The minimum absolute atomic E-state index is 0.100. The zero-order valence-electron chi connectivity index (χ0n) is 29.6. The van der Waals surface area contributed by atoms with E-state index in [4.69, 9.17) is 14.2 Å². The first kappa shape index (κ1) is 37.8. The Morgan fingerprint density at radius 3 is 2.11 bits per heavy atom. The molecule has 0 aliphatic carbocycles. The molecule has 9 heteroatoms. The van der Waals surface area contributed by atoms with Crippen LogP contribution >= 0.6 is 0 Å². The highest BCUT2D eigenvalue weighted by Gasteiger charge is 2.41. The van der Waals surface area contributed by atoms with Crippen LogP contribution in [0.4, 0.5) is 4.79 Å². The van der Waals surface area contributed by atoms with Gasteiger partial charge in [0.1, 0.15) is 18.1 Å². The van der Waals surface area contributed by atoms with Gasteiger partial charge in [0, 0.05) is 11.1 Å². The first-order chi connectivity index (χ1) is 21.9. The van der Waals surface area contributed by atoms with Gasteiger partial charge in [-0.15, -0.1) is 0 Å². The minimum Gasteiger partial charge on any atom is -0.497 e. The smallest absolute Gasteiger partial charge is 0.416 e. The summed E-state index contributed by atoms with van der Waals surface area (Å²) in [5.74, 6) is -1.60. The van der Waals surface area contributed by atoms with Crippen molar-refractivity contribution >= 4 is 18.0 Å². The minimum atomic E-state index is -1.14. The number of aliphatic hydroxyl groups excluding tert-OH is 2. The third kappa shape index (κ3) is 9.45. The molecule has 0 spiro atoms. The number of amides is 2. The molecule has 3 rings (SSSR count). The van der Waals surface area contributed by atoms with Crippen LogP contribution in [-0.4, -0.2) is 65.0 Å². The topological polar surface area (TPSA) is 123 Å². The predicted octanol–water partition coefficient (Wildman–Crippen LogP) is 6.51. The van der Waals surface area contributed by atoms with E-state index in [1.54, 1.807) is 34.0 Å². The molecule has 5 atom stereocenters. The van der Waals surface area contributed by atoms with Crippen LogP contribution in [0.1, 0.15) is 91.8 Å². The Kier molecular flexibility index (Phi) is 12.4. The van der Waals surface area contributed by atoms with Crippen molar-refractivity contribution in [3.63, 3.8) is 0 Å². The van der Waals surface area contributed by atoms with Gasteiger partial charge in [-0.2, -0.15) is 0 Å². The van der Waals surface area contributed by atoms with E-state index in [-0.39, 0.29) is 23.9 Å². The number of carbonyl (C=O) groups is 3. The van der Waals surface area contributed by atoms with E-state index in [1.807, 2.05) is 84.0 Å². The Labute approximate surface area is 279 Å². The monoisotopic (exact) mass is 651 g/mol. The number of hydrogen-bond donors (Lipinski definition) is 2. The second kappa shape index (κ2) is 15.5. The van der Waals surface area contributed by atoms with Crippen LogP contribution in [0.25, 0.3) is 0 Å². The number of imide groups is 1. The maximum Gasteiger partial charge on any atom is 0.416 e. The molecule has 0 unspecified atom stereocenters. The van der Waals surface area contributed by atoms with Crippen molar-refractivity contribution in [1.82, 2.24) is 4.90 Å². The normalized spacial score (nSPS) is 18.3.